The van der Waals surface area contributed by atoms with Gasteiger partial charge in [0.25, 0.3) is 11.8 Å². The molecule has 5 N–H and O–H groups in total. The van der Waals surface area contributed by atoms with Crippen LogP contribution < -0.4 is 16.0 Å². The number of benzene rings is 4. The minimum atomic E-state index is -0.715. The SMILES string of the molecule is COC[C@H]1Cc2c([nH]c3ccccc23)C(c2ccc(C(=O)NC3CC3)cc2F)N1.COC[C@H]1Cc2c([nH]c3ccccc23)C(c2ccc(C(=O)NC3CC3)cc2F)N1C(=O)CCl.O=C(Cl)CCl. The molecule has 4 atom stereocenters. The highest BCUT2D eigenvalue weighted by atomic mass is 35.5. The lowest BCUT2D eigenvalue weighted by Crippen LogP contribution is -2.50. The monoisotopic (exact) mass is 974 g/mol. The number of carbonyl (C=O) groups is 4. The Labute approximate surface area is 401 Å². The Kier molecular flexibility index (Phi) is 15.3. The molecule has 0 radical (unpaired) electrons. The highest BCUT2D eigenvalue weighted by Gasteiger charge is 2.41. The molecule has 352 valence electrons. The van der Waals surface area contributed by atoms with Gasteiger partial charge in [-0.05, 0) is 97.7 Å². The third-order valence-corrected chi connectivity index (χ3v) is 13.2. The fraction of sp³-hybridized carbons (Fsp3) is 0.360. The van der Waals surface area contributed by atoms with Crippen molar-refractivity contribution >= 4 is 79.6 Å². The fourth-order valence-electron chi connectivity index (χ4n) is 9.06. The zero-order chi connectivity index (χ0) is 47.4. The van der Waals surface area contributed by atoms with Crippen LogP contribution in [0.1, 0.15) is 92.1 Å². The molecule has 10 rings (SSSR count). The normalized spacial score (nSPS) is 19.6. The van der Waals surface area contributed by atoms with Crippen LogP contribution in [0.25, 0.3) is 21.8 Å². The van der Waals surface area contributed by atoms with Crippen molar-refractivity contribution in [1.82, 2.24) is 30.8 Å². The lowest BCUT2D eigenvalue weighted by Gasteiger charge is -2.42. The third-order valence-electron chi connectivity index (χ3n) is 12.4. The smallest absolute Gasteiger partial charge is 0.251 e. The number of aromatic amines is 2. The van der Waals surface area contributed by atoms with E-state index in [9.17, 15) is 19.2 Å². The van der Waals surface area contributed by atoms with Crippen molar-refractivity contribution < 1.29 is 37.4 Å². The number of hydrogen-bond donors (Lipinski definition) is 5. The number of methoxy groups -OCH3 is 2. The summed E-state index contributed by atoms with van der Waals surface area (Å²) in [6.07, 6.45) is 5.29. The van der Waals surface area contributed by atoms with E-state index in [1.165, 1.54) is 17.7 Å². The molecule has 67 heavy (non-hydrogen) atoms. The van der Waals surface area contributed by atoms with E-state index in [4.69, 9.17) is 44.3 Å². The van der Waals surface area contributed by atoms with Gasteiger partial charge in [0.2, 0.25) is 11.1 Å². The molecule has 2 aromatic heterocycles. The van der Waals surface area contributed by atoms with E-state index in [0.29, 0.717) is 36.3 Å². The number of amides is 3. The first kappa shape index (κ1) is 48.1. The van der Waals surface area contributed by atoms with Crippen molar-refractivity contribution in [2.45, 2.75) is 74.8 Å². The van der Waals surface area contributed by atoms with Gasteiger partial charge in [0.15, 0.2) is 0 Å². The number of hydrogen-bond acceptors (Lipinski definition) is 7. The second kappa shape index (κ2) is 21.3. The standard InChI is InChI=1S/C25H25ClFN3O3.C23H24FN3O2.C2H2Cl2O/c1-33-13-16-11-19-17-4-2-3-5-21(17)29-23(19)24(30(16)22(31)12-26)18-9-6-14(10-20(18)27)25(32)28-15-7-8-15;1-29-12-15-11-18-16-4-2-3-5-20(16)27-22(18)21(25-15)17-9-6-13(10-19(17)24)23(28)26-14-7-8-14;3-1-2(4)5/h2-6,9-10,15-16,24,29H,7-8,11-13H2,1H3,(H,28,32);2-6,9-10,14-15,21,25,27H,7-8,11-12H2,1H3,(H,26,28);1H2/t16-,24?;15-,21?;/m11./s1. The number of rotatable bonds is 12. The summed E-state index contributed by atoms with van der Waals surface area (Å²) in [7, 11) is 3.26. The Morgan fingerprint density at radius 3 is 1.69 bits per heavy atom. The van der Waals surface area contributed by atoms with Gasteiger partial charge in [-0.25, -0.2) is 8.78 Å². The second-order valence-corrected chi connectivity index (χ2v) is 18.1. The Bertz CT molecular complexity index is 2790. The molecule has 4 aromatic carbocycles. The second-order valence-electron chi connectivity index (χ2n) is 17.2. The molecular formula is C50H51Cl3F2N6O6. The number of fused-ring (bicyclic) bond motifs is 6. The summed E-state index contributed by atoms with van der Waals surface area (Å²) in [6.45, 7) is 0.834. The van der Waals surface area contributed by atoms with Gasteiger partial charge in [0, 0.05) is 87.8 Å². The predicted molar refractivity (Wildman–Crippen MR) is 255 cm³/mol. The van der Waals surface area contributed by atoms with Crippen LogP contribution in [0.4, 0.5) is 8.78 Å². The number of carbonyl (C=O) groups excluding carboxylic acids is 4. The Balaban J connectivity index is 0.000000166. The number of nitrogens with zero attached hydrogens (tertiary/aromatic N) is 1. The lowest BCUT2D eigenvalue weighted by molar-refractivity contribution is -0.134. The Hall–Kier alpha value is -5.35. The van der Waals surface area contributed by atoms with Gasteiger partial charge in [-0.15, -0.1) is 23.2 Å². The van der Waals surface area contributed by atoms with Gasteiger partial charge in [-0.3, -0.25) is 24.5 Å². The van der Waals surface area contributed by atoms with Crippen LogP contribution in [0.15, 0.2) is 84.9 Å². The number of ether oxygens (including phenoxy) is 2. The molecule has 6 aromatic rings. The van der Waals surface area contributed by atoms with Crippen LogP contribution in [0.3, 0.4) is 0 Å². The summed E-state index contributed by atoms with van der Waals surface area (Å²) >= 11 is 15.5. The summed E-state index contributed by atoms with van der Waals surface area (Å²) in [4.78, 5) is 55.7. The molecule has 17 heteroatoms. The predicted octanol–water partition coefficient (Wildman–Crippen LogP) is 8.37. The topological polar surface area (TPSA) is 158 Å². The first-order valence-electron chi connectivity index (χ1n) is 22.2. The minimum Gasteiger partial charge on any atom is -0.383 e. The molecule has 0 spiro atoms. The molecule has 0 bridgehead atoms. The van der Waals surface area contributed by atoms with E-state index in [-0.39, 0.29) is 71.1 Å². The van der Waals surface area contributed by atoms with Gasteiger partial charge >= 0.3 is 0 Å². The summed E-state index contributed by atoms with van der Waals surface area (Å²) in [5.74, 6) is -2.05. The van der Waals surface area contributed by atoms with Crippen LogP contribution >= 0.6 is 34.8 Å². The molecule has 2 fully saturated rings. The van der Waals surface area contributed by atoms with Crippen LogP contribution in [0.2, 0.25) is 0 Å². The van der Waals surface area contributed by atoms with Gasteiger partial charge in [-0.1, -0.05) is 48.5 Å². The van der Waals surface area contributed by atoms with Crippen molar-refractivity contribution in [2.75, 3.05) is 39.2 Å². The van der Waals surface area contributed by atoms with E-state index in [0.717, 1.165) is 70.9 Å². The molecule has 2 saturated carbocycles. The zero-order valence-electron chi connectivity index (χ0n) is 36.9. The highest BCUT2D eigenvalue weighted by Crippen LogP contribution is 2.42. The van der Waals surface area contributed by atoms with Crippen molar-refractivity contribution in [3.63, 3.8) is 0 Å². The number of H-pyrrole nitrogens is 2. The van der Waals surface area contributed by atoms with Crippen molar-refractivity contribution in [3.05, 3.63) is 141 Å². The highest BCUT2D eigenvalue weighted by molar-refractivity contribution is 6.67. The molecule has 4 heterocycles. The van der Waals surface area contributed by atoms with Crippen molar-refractivity contribution in [3.8, 4) is 0 Å². The molecule has 12 nitrogen and oxygen atoms in total. The maximum atomic E-state index is 15.6. The molecule has 4 aliphatic rings. The van der Waals surface area contributed by atoms with E-state index >= 15 is 8.78 Å². The number of nitrogens with one attached hydrogen (secondary N) is 5. The summed E-state index contributed by atoms with van der Waals surface area (Å²) in [5.41, 5.74) is 7.40. The Morgan fingerprint density at radius 1 is 0.687 bits per heavy atom. The van der Waals surface area contributed by atoms with Gasteiger partial charge in [-0.2, -0.15) is 0 Å². The summed E-state index contributed by atoms with van der Waals surface area (Å²) in [5, 5.41) is 11.0. The largest absolute Gasteiger partial charge is 0.383 e. The van der Waals surface area contributed by atoms with Crippen molar-refractivity contribution in [2.24, 2.45) is 0 Å². The average molecular weight is 976 g/mol. The van der Waals surface area contributed by atoms with E-state index in [1.807, 2.05) is 42.5 Å². The zero-order valence-corrected chi connectivity index (χ0v) is 39.2. The van der Waals surface area contributed by atoms with Gasteiger partial charge in [0.1, 0.15) is 23.6 Å². The minimum absolute atomic E-state index is 0.0777. The van der Waals surface area contributed by atoms with Gasteiger partial charge < -0.3 is 35.0 Å². The molecule has 3 amide bonds. The Morgan fingerprint density at radius 2 is 1.19 bits per heavy atom. The van der Waals surface area contributed by atoms with Gasteiger partial charge in [0.05, 0.1) is 31.2 Å². The first-order valence-corrected chi connectivity index (χ1v) is 23.6. The number of alkyl halides is 2. The number of para-hydroxylation sites is 2. The molecule has 2 aliphatic carbocycles. The summed E-state index contributed by atoms with van der Waals surface area (Å²) in [6, 6.07) is 24.4. The van der Waals surface area contributed by atoms with Crippen LogP contribution in [-0.2, 0) is 31.9 Å². The van der Waals surface area contributed by atoms with E-state index < -0.39 is 17.1 Å². The number of aromatic nitrogens is 2. The fourth-order valence-corrected chi connectivity index (χ4v) is 9.20. The molecule has 2 unspecified atom stereocenters. The van der Waals surface area contributed by atoms with Crippen molar-refractivity contribution in [1.29, 1.82) is 0 Å². The molecule has 2 aliphatic heterocycles. The summed E-state index contributed by atoms with van der Waals surface area (Å²) < 4.78 is 41.5. The maximum Gasteiger partial charge on any atom is 0.251 e. The first-order chi connectivity index (χ1) is 32.4. The number of halogens is 5. The lowest BCUT2D eigenvalue weighted by atomic mass is 9.87. The molecule has 0 saturated heterocycles. The van der Waals surface area contributed by atoms with E-state index in [1.54, 1.807) is 43.4 Å². The average Bonchev–Trinajstić information content (AvgIpc) is 4.26. The van der Waals surface area contributed by atoms with E-state index in [2.05, 4.69) is 32.0 Å². The molecular weight excluding hydrogens is 925 g/mol. The third kappa shape index (κ3) is 10.9. The quantitative estimate of drug-likeness (QED) is 0.0610. The maximum absolute atomic E-state index is 15.6. The van der Waals surface area contributed by atoms with Crippen LogP contribution in [-0.4, -0.2) is 101 Å². The van der Waals surface area contributed by atoms with Crippen LogP contribution in [0.5, 0.6) is 0 Å². The van der Waals surface area contributed by atoms with Crippen LogP contribution in [0, 0.1) is 11.6 Å².